The Bertz CT molecular complexity index is 429. The number of anilines is 1. The van der Waals surface area contributed by atoms with Crippen molar-refractivity contribution in [3.8, 4) is 0 Å². The molecule has 1 amide bonds. The first kappa shape index (κ1) is 11.7. The van der Waals surface area contributed by atoms with Gasteiger partial charge in [0.25, 0.3) is 0 Å². The number of amides is 1. The molecular weight excluding hydrogens is 229 g/mol. The van der Waals surface area contributed by atoms with Crippen molar-refractivity contribution in [2.75, 3.05) is 18.6 Å². The Balaban J connectivity index is 2.30. The van der Waals surface area contributed by atoms with Gasteiger partial charge < -0.3 is 9.47 Å². The first-order valence-corrected chi connectivity index (χ1v) is 5.11. The van der Waals surface area contributed by atoms with E-state index in [1.807, 2.05) is 0 Å². The summed E-state index contributed by atoms with van der Waals surface area (Å²) < 4.78 is 23.0. The second-order valence-electron chi connectivity index (χ2n) is 3.64. The maximum Gasteiger partial charge on any atom is 0.416 e. The Hall–Kier alpha value is -1.76. The Morgan fingerprint density at radius 2 is 2.47 bits per heavy atom. The quantitative estimate of drug-likeness (QED) is 0.738. The number of methoxy groups -OCH3 is 1. The number of hydrogen-bond donors (Lipinski definition) is 0. The molecule has 0 spiro atoms. The van der Waals surface area contributed by atoms with Crippen LogP contribution < -0.4 is 4.90 Å². The molecule has 2 heterocycles. The van der Waals surface area contributed by atoms with Crippen molar-refractivity contribution in [3.63, 3.8) is 0 Å². The van der Waals surface area contributed by atoms with Gasteiger partial charge in [-0.3, -0.25) is 4.90 Å². The summed E-state index contributed by atoms with van der Waals surface area (Å²) in [6.45, 7) is 2.00. The van der Waals surface area contributed by atoms with Crippen LogP contribution in [0, 0.1) is 6.08 Å². The normalized spacial score (nSPS) is 21.5. The molecule has 0 radical (unpaired) electrons. The summed E-state index contributed by atoms with van der Waals surface area (Å²) in [6, 6.07) is 1.13. The van der Waals surface area contributed by atoms with Crippen molar-refractivity contribution in [2.24, 2.45) is 0 Å². The molecule has 1 aliphatic rings. The van der Waals surface area contributed by atoms with Gasteiger partial charge >= 0.3 is 12.2 Å². The molecule has 1 unspecified atom stereocenters. The largest absolute Gasteiger partial charge is 0.447 e. The van der Waals surface area contributed by atoms with Crippen LogP contribution in [0.25, 0.3) is 0 Å². The maximum absolute atomic E-state index is 12.9. The second kappa shape index (κ2) is 4.62. The summed E-state index contributed by atoms with van der Waals surface area (Å²) in [5.41, 5.74) is 0. The third-order valence-electron chi connectivity index (χ3n) is 2.68. The summed E-state index contributed by atoms with van der Waals surface area (Å²) >= 11 is 0. The van der Waals surface area contributed by atoms with E-state index in [0.29, 0.717) is 0 Å². The number of carbonyl (C=O) groups is 1. The summed E-state index contributed by atoms with van der Waals surface area (Å²) in [5, 5.41) is 0. The standard InChI is InChI=1S/C10H12FN3O3/c1-6(16-2)7-5-17-10(15)14(7)8-3-4-12-9(11)13-8/h3-4,6-7H,5H2,1-2H3/t6-,7?/m1/s1. The van der Waals surface area contributed by atoms with Crippen molar-refractivity contribution in [1.82, 2.24) is 9.97 Å². The molecule has 1 saturated heterocycles. The van der Waals surface area contributed by atoms with Crippen LogP contribution in [-0.4, -0.2) is 41.9 Å². The van der Waals surface area contributed by atoms with Gasteiger partial charge in [-0.1, -0.05) is 0 Å². The maximum atomic E-state index is 12.9. The Morgan fingerprint density at radius 1 is 1.71 bits per heavy atom. The molecule has 0 bridgehead atoms. The van der Waals surface area contributed by atoms with Crippen LogP contribution in [0.5, 0.6) is 0 Å². The van der Waals surface area contributed by atoms with Crippen molar-refractivity contribution < 1.29 is 18.7 Å². The minimum absolute atomic E-state index is 0.175. The number of hydrogen-bond acceptors (Lipinski definition) is 5. The smallest absolute Gasteiger partial charge is 0.416 e. The van der Waals surface area contributed by atoms with Gasteiger partial charge in [-0.05, 0) is 13.0 Å². The van der Waals surface area contributed by atoms with E-state index in [2.05, 4.69) is 9.97 Å². The molecule has 2 atom stereocenters. The average Bonchev–Trinajstić information content (AvgIpc) is 2.70. The van der Waals surface area contributed by atoms with Crippen LogP contribution in [0.2, 0.25) is 0 Å². The van der Waals surface area contributed by atoms with Crippen molar-refractivity contribution in [1.29, 1.82) is 0 Å². The molecule has 6 nitrogen and oxygen atoms in total. The van der Waals surface area contributed by atoms with Crippen LogP contribution in [0.1, 0.15) is 6.92 Å². The van der Waals surface area contributed by atoms with E-state index in [4.69, 9.17) is 9.47 Å². The van der Waals surface area contributed by atoms with E-state index in [1.54, 1.807) is 6.92 Å². The van der Waals surface area contributed by atoms with Gasteiger partial charge in [0.05, 0.1) is 6.10 Å². The Kier molecular flexibility index (Phi) is 3.19. The highest BCUT2D eigenvalue weighted by atomic mass is 19.1. The Labute approximate surface area is 97.4 Å². The fraction of sp³-hybridized carbons (Fsp3) is 0.500. The number of cyclic esters (lactones) is 1. The predicted molar refractivity (Wildman–Crippen MR) is 56.1 cm³/mol. The average molecular weight is 241 g/mol. The fourth-order valence-corrected chi connectivity index (χ4v) is 1.66. The summed E-state index contributed by atoms with van der Waals surface area (Å²) in [4.78, 5) is 19.8. The molecule has 0 saturated carbocycles. The van der Waals surface area contributed by atoms with Crippen LogP contribution in [0.15, 0.2) is 12.3 Å². The third kappa shape index (κ3) is 2.19. The minimum Gasteiger partial charge on any atom is -0.447 e. The summed E-state index contributed by atoms with van der Waals surface area (Å²) in [5.74, 6) is 0.175. The number of ether oxygens (including phenoxy) is 2. The zero-order valence-corrected chi connectivity index (χ0v) is 9.46. The molecule has 2 rings (SSSR count). The van der Waals surface area contributed by atoms with E-state index in [9.17, 15) is 9.18 Å². The molecule has 1 aromatic rings. The molecule has 92 valence electrons. The highest BCUT2D eigenvalue weighted by Gasteiger charge is 2.38. The first-order chi connectivity index (χ1) is 8.13. The van der Waals surface area contributed by atoms with Crippen LogP contribution in [0.3, 0.4) is 0 Å². The molecule has 1 aliphatic heterocycles. The molecule has 0 N–H and O–H groups in total. The summed E-state index contributed by atoms with van der Waals surface area (Å²) in [6.07, 6.45) is -0.430. The fourth-order valence-electron chi connectivity index (χ4n) is 1.66. The molecule has 7 heteroatoms. The lowest BCUT2D eigenvalue weighted by Crippen LogP contribution is -2.42. The van der Waals surface area contributed by atoms with Gasteiger partial charge in [0.1, 0.15) is 18.5 Å². The number of rotatable bonds is 3. The SMILES string of the molecule is CO[C@H](C)C1COC(=O)N1c1ccnc(F)n1. The molecule has 17 heavy (non-hydrogen) atoms. The highest BCUT2D eigenvalue weighted by Crippen LogP contribution is 2.23. The number of carbonyl (C=O) groups excluding carboxylic acids is 1. The van der Waals surface area contributed by atoms with Crippen LogP contribution in [0.4, 0.5) is 15.0 Å². The van der Waals surface area contributed by atoms with Crippen LogP contribution >= 0.6 is 0 Å². The predicted octanol–water partition coefficient (Wildman–Crippen LogP) is 0.976. The molecular formula is C10H12FN3O3. The highest BCUT2D eigenvalue weighted by molar-refractivity contribution is 5.89. The zero-order chi connectivity index (χ0) is 12.4. The van der Waals surface area contributed by atoms with E-state index in [-0.39, 0.29) is 24.6 Å². The minimum atomic E-state index is -0.883. The monoisotopic (exact) mass is 241 g/mol. The van der Waals surface area contributed by atoms with Gasteiger partial charge in [-0.25, -0.2) is 9.78 Å². The van der Waals surface area contributed by atoms with E-state index >= 15 is 0 Å². The van der Waals surface area contributed by atoms with Crippen molar-refractivity contribution >= 4 is 11.9 Å². The lowest BCUT2D eigenvalue weighted by molar-refractivity contribution is 0.0881. The van der Waals surface area contributed by atoms with Gasteiger partial charge in [0.2, 0.25) is 0 Å². The molecule has 1 fully saturated rings. The number of aromatic nitrogens is 2. The van der Waals surface area contributed by atoms with Crippen molar-refractivity contribution in [2.45, 2.75) is 19.1 Å². The molecule has 1 aromatic heterocycles. The van der Waals surface area contributed by atoms with Crippen molar-refractivity contribution in [3.05, 3.63) is 18.3 Å². The molecule has 0 aliphatic carbocycles. The lowest BCUT2D eigenvalue weighted by atomic mass is 10.2. The Morgan fingerprint density at radius 3 is 3.12 bits per heavy atom. The van der Waals surface area contributed by atoms with Gasteiger partial charge in [-0.15, -0.1) is 0 Å². The first-order valence-electron chi connectivity index (χ1n) is 5.11. The van der Waals surface area contributed by atoms with Crippen LogP contribution in [-0.2, 0) is 9.47 Å². The summed E-state index contributed by atoms with van der Waals surface area (Å²) in [7, 11) is 1.53. The van der Waals surface area contributed by atoms with Gasteiger partial charge in [0, 0.05) is 13.3 Å². The van der Waals surface area contributed by atoms with Gasteiger partial charge in [0.15, 0.2) is 0 Å². The van der Waals surface area contributed by atoms with E-state index in [1.165, 1.54) is 24.3 Å². The van der Waals surface area contributed by atoms with E-state index < -0.39 is 12.2 Å². The lowest BCUT2D eigenvalue weighted by Gasteiger charge is -2.24. The zero-order valence-electron chi connectivity index (χ0n) is 9.46. The van der Waals surface area contributed by atoms with Gasteiger partial charge in [-0.2, -0.15) is 9.37 Å². The second-order valence-corrected chi connectivity index (χ2v) is 3.64. The van der Waals surface area contributed by atoms with E-state index in [0.717, 1.165) is 0 Å². The third-order valence-corrected chi connectivity index (χ3v) is 2.68. The molecule has 0 aromatic carbocycles. The number of halogens is 1. The number of nitrogens with zero attached hydrogens (tertiary/aromatic N) is 3. The topological polar surface area (TPSA) is 64.6 Å².